The minimum Gasteiger partial charge on any atom is -0.388 e. The SMILES string of the molecule is C1=CC2C=NOC2C=C1. The molecular formula is C7H7NO. The number of allylic oxidation sites excluding steroid dienone is 2. The van der Waals surface area contributed by atoms with E-state index in [1.54, 1.807) is 0 Å². The van der Waals surface area contributed by atoms with Gasteiger partial charge in [0.2, 0.25) is 0 Å². The van der Waals surface area contributed by atoms with Gasteiger partial charge in [0.25, 0.3) is 0 Å². The molecule has 1 aliphatic heterocycles. The fourth-order valence-corrected chi connectivity index (χ4v) is 1.02. The number of fused-ring (bicyclic) bond motifs is 1. The average molecular weight is 121 g/mol. The van der Waals surface area contributed by atoms with Gasteiger partial charge in [0.1, 0.15) is 0 Å². The van der Waals surface area contributed by atoms with Crippen LogP contribution in [0.1, 0.15) is 0 Å². The van der Waals surface area contributed by atoms with E-state index in [4.69, 9.17) is 4.84 Å². The van der Waals surface area contributed by atoms with E-state index in [0.29, 0.717) is 5.92 Å². The molecule has 0 saturated carbocycles. The Bertz CT molecular complexity index is 193. The van der Waals surface area contributed by atoms with Crippen molar-refractivity contribution in [2.24, 2.45) is 11.1 Å². The number of hydrogen-bond donors (Lipinski definition) is 0. The predicted molar refractivity (Wildman–Crippen MR) is 35.1 cm³/mol. The van der Waals surface area contributed by atoms with E-state index >= 15 is 0 Å². The maximum atomic E-state index is 4.99. The molecule has 0 aromatic rings. The van der Waals surface area contributed by atoms with Crippen LogP contribution in [0.25, 0.3) is 0 Å². The van der Waals surface area contributed by atoms with Crippen molar-refractivity contribution in [3.05, 3.63) is 24.3 Å². The smallest absolute Gasteiger partial charge is 0.157 e. The van der Waals surface area contributed by atoms with Gasteiger partial charge in [0, 0.05) is 0 Å². The summed E-state index contributed by atoms with van der Waals surface area (Å²) in [5.74, 6) is 0.384. The number of hydrogen-bond acceptors (Lipinski definition) is 2. The van der Waals surface area contributed by atoms with Crippen LogP contribution in [0.4, 0.5) is 0 Å². The van der Waals surface area contributed by atoms with Crippen molar-refractivity contribution in [3.63, 3.8) is 0 Å². The van der Waals surface area contributed by atoms with Crippen LogP contribution < -0.4 is 0 Å². The third-order valence-electron chi connectivity index (χ3n) is 1.54. The highest BCUT2D eigenvalue weighted by atomic mass is 16.6. The summed E-state index contributed by atoms with van der Waals surface area (Å²) in [7, 11) is 0. The van der Waals surface area contributed by atoms with E-state index in [1.807, 2.05) is 24.4 Å². The third-order valence-corrected chi connectivity index (χ3v) is 1.54. The lowest BCUT2D eigenvalue weighted by Crippen LogP contribution is -2.14. The van der Waals surface area contributed by atoms with Gasteiger partial charge >= 0.3 is 0 Å². The van der Waals surface area contributed by atoms with Gasteiger partial charge in [-0.05, 0) is 6.08 Å². The van der Waals surface area contributed by atoms with Gasteiger partial charge in [-0.15, -0.1) is 0 Å². The Labute approximate surface area is 53.5 Å². The van der Waals surface area contributed by atoms with Crippen LogP contribution in [0, 0.1) is 5.92 Å². The standard InChI is InChI=1S/C7H7NO/c1-2-4-7-6(3-1)5-8-9-7/h1-7H. The second-order valence-electron chi connectivity index (χ2n) is 2.17. The molecule has 1 aliphatic carbocycles. The molecule has 0 fully saturated rings. The Morgan fingerprint density at radius 3 is 3.00 bits per heavy atom. The van der Waals surface area contributed by atoms with Gasteiger partial charge in [-0.25, -0.2) is 0 Å². The van der Waals surface area contributed by atoms with Gasteiger partial charge in [-0.1, -0.05) is 23.4 Å². The fraction of sp³-hybridized carbons (Fsp3) is 0.286. The molecule has 9 heavy (non-hydrogen) atoms. The second-order valence-corrected chi connectivity index (χ2v) is 2.17. The summed E-state index contributed by atoms with van der Waals surface area (Å²) < 4.78 is 0. The maximum Gasteiger partial charge on any atom is 0.157 e. The Balaban J connectivity index is 2.25. The minimum atomic E-state index is 0.176. The van der Waals surface area contributed by atoms with Crippen molar-refractivity contribution in [3.8, 4) is 0 Å². The van der Waals surface area contributed by atoms with E-state index in [0.717, 1.165) is 0 Å². The quantitative estimate of drug-likeness (QED) is 0.470. The van der Waals surface area contributed by atoms with Gasteiger partial charge in [-0.2, -0.15) is 0 Å². The first-order chi connectivity index (χ1) is 4.47. The van der Waals surface area contributed by atoms with Crippen LogP contribution in [0.3, 0.4) is 0 Å². The summed E-state index contributed by atoms with van der Waals surface area (Å²) in [5, 5.41) is 3.70. The molecule has 2 unspecified atom stereocenters. The molecule has 2 aliphatic rings. The first-order valence-corrected chi connectivity index (χ1v) is 3.01. The molecular weight excluding hydrogens is 114 g/mol. The summed E-state index contributed by atoms with van der Waals surface area (Å²) in [6.07, 6.45) is 10.1. The van der Waals surface area contributed by atoms with Crippen LogP contribution in [0.5, 0.6) is 0 Å². The monoisotopic (exact) mass is 121 g/mol. The fourth-order valence-electron chi connectivity index (χ4n) is 1.02. The zero-order valence-corrected chi connectivity index (χ0v) is 4.90. The highest BCUT2D eigenvalue weighted by Gasteiger charge is 2.22. The van der Waals surface area contributed by atoms with Crippen molar-refractivity contribution in [2.75, 3.05) is 0 Å². The van der Waals surface area contributed by atoms with Crippen LogP contribution in [0.15, 0.2) is 29.5 Å². The molecule has 0 radical (unpaired) electrons. The molecule has 0 N–H and O–H groups in total. The molecule has 2 heteroatoms. The zero-order chi connectivity index (χ0) is 6.10. The second kappa shape index (κ2) is 1.72. The molecule has 2 rings (SSSR count). The highest BCUT2D eigenvalue weighted by molar-refractivity contribution is 5.66. The molecule has 0 amide bonds. The topological polar surface area (TPSA) is 21.6 Å². The molecule has 46 valence electrons. The van der Waals surface area contributed by atoms with Crippen molar-refractivity contribution >= 4 is 6.21 Å². The predicted octanol–water partition coefficient (Wildman–Crippen LogP) is 1.11. The number of rotatable bonds is 0. The summed E-state index contributed by atoms with van der Waals surface area (Å²) >= 11 is 0. The molecule has 2 atom stereocenters. The molecule has 0 saturated heterocycles. The van der Waals surface area contributed by atoms with Crippen LogP contribution in [0.2, 0.25) is 0 Å². The summed E-state index contributed by atoms with van der Waals surface area (Å²) in [6, 6.07) is 0. The average Bonchev–Trinajstić information content (AvgIpc) is 2.33. The van der Waals surface area contributed by atoms with E-state index < -0.39 is 0 Å². The zero-order valence-electron chi connectivity index (χ0n) is 4.90. The van der Waals surface area contributed by atoms with Gasteiger partial charge < -0.3 is 4.84 Å². The lowest BCUT2D eigenvalue weighted by atomic mass is 10.0. The Kier molecular flexibility index (Phi) is 0.918. The molecule has 2 nitrogen and oxygen atoms in total. The van der Waals surface area contributed by atoms with E-state index in [-0.39, 0.29) is 6.10 Å². The highest BCUT2D eigenvalue weighted by Crippen LogP contribution is 2.18. The van der Waals surface area contributed by atoms with Gasteiger partial charge in [0.05, 0.1) is 12.1 Å². The molecule has 0 spiro atoms. The lowest BCUT2D eigenvalue weighted by molar-refractivity contribution is 0.105. The molecule has 0 bridgehead atoms. The summed E-state index contributed by atoms with van der Waals surface area (Å²) in [6.45, 7) is 0. The minimum absolute atomic E-state index is 0.176. The Hall–Kier alpha value is -1.05. The largest absolute Gasteiger partial charge is 0.388 e. The van der Waals surface area contributed by atoms with Crippen LogP contribution >= 0.6 is 0 Å². The van der Waals surface area contributed by atoms with Crippen molar-refractivity contribution < 1.29 is 4.84 Å². The lowest BCUT2D eigenvalue weighted by Gasteiger charge is -2.09. The van der Waals surface area contributed by atoms with Crippen molar-refractivity contribution in [2.45, 2.75) is 6.10 Å². The van der Waals surface area contributed by atoms with Crippen LogP contribution in [-0.2, 0) is 4.84 Å². The van der Waals surface area contributed by atoms with Gasteiger partial charge in [0.15, 0.2) is 6.10 Å². The molecule has 0 aromatic heterocycles. The molecule has 0 aromatic carbocycles. The van der Waals surface area contributed by atoms with Gasteiger partial charge in [-0.3, -0.25) is 0 Å². The van der Waals surface area contributed by atoms with E-state index in [1.165, 1.54) is 0 Å². The van der Waals surface area contributed by atoms with E-state index in [9.17, 15) is 0 Å². The van der Waals surface area contributed by atoms with E-state index in [2.05, 4.69) is 11.2 Å². The van der Waals surface area contributed by atoms with Crippen molar-refractivity contribution in [1.29, 1.82) is 0 Å². The number of nitrogens with zero attached hydrogens (tertiary/aromatic N) is 1. The first kappa shape index (κ1) is 4.79. The first-order valence-electron chi connectivity index (χ1n) is 3.01. The number of oxime groups is 1. The van der Waals surface area contributed by atoms with Crippen LogP contribution in [-0.4, -0.2) is 12.3 Å². The summed E-state index contributed by atoms with van der Waals surface area (Å²) in [4.78, 5) is 4.99. The Morgan fingerprint density at radius 1 is 1.22 bits per heavy atom. The molecule has 1 heterocycles. The van der Waals surface area contributed by atoms with Crippen molar-refractivity contribution in [1.82, 2.24) is 0 Å². The third kappa shape index (κ3) is 0.669. The normalized spacial score (nSPS) is 36.4. The summed E-state index contributed by atoms with van der Waals surface area (Å²) in [5.41, 5.74) is 0. The maximum absolute atomic E-state index is 4.99. The Morgan fingerprint density at radius 2 is 2.11 bits per heavy atom.